The van der Waals surface area contributed by atoms with Crippen molar-refractivity contribution in [3.63, 3.8) is 0 Å². The van der Waals surface area contributed by atoms with Crippen LogP contribution in [0.4, 0.5) is 5.82 Å². The lowest BCUT2D eigenvalue weighted by Gasteiger charge is -2.11. The minimum absolute atomic E-state index is 0.116. The van der Waals surface area contributed by atoms with Gasteiger partial charge in [-0.2, -0.15) is 5.10 Å². The zero-order valence-electron chi connectivity index (χ0n) is 12.3. The highest BCUT2D eigenvalue weighted by molar-refractivity contribution is 6.04. The molecule has 1 aliphatic heterocycles. The fourth-order valence-corrected chi connectivity index (χ4v) is 2.45. The number of benzene rings is 1. The monoisotopic (exact) mass is 285 g/mol. The van der Waals surface area contributed by atoms with Crippen molar-refractivity contribution in [2.75, 3.05) is 11.9 Å². The van der Waals surface area contributed by atoms with E-state index in [0.717, 1.165) is 30.1 Å². The summed E-state index contributed by atoms with van der Waals surface area (Å²) in [5.41, 5.74) is 1.75. The van der Waals surface area contributed by atoms with Crippen molar-refractivity contribution in [2.24, 2.45) is 5.92 Å². The summed E-state index contributed by atoms with van der Waals surface area (Å²) < 4.78 is 7.27. The van der Waals surface area contributed by atoms with Crippen molar-refractivity contribution in [1.29, 1.82) is 0 Å². The van der Waals surface area contributed by atoms with E-state index in [1.807, 2.05) is 22.9 Å². The van der Waals surface area contributed by atoms with Crippen LogP contribution in [-0.2, 0) is 13.0 Å². The molecule has 0 unspecified atom stereocenters. The molecule has 1 aliphatic rings. The Morgan fingerprint density at radius 2 is 2.29 bits per heavy atom. The molecule has 0 saturated carbocycles. The average Bonchev–Trinajstić information content (AvgIpc) is 3.06. The third kappa shape index (κ3) is 2.91. The number of amides is 1. The van der Waals surface area contributed by atoms with Crippen LogP contribution in [0, 0.1) is 5.92 Å². The number of anilines is 1. The van der Waals surface area contributed by atoms with Crippen molar-refractivity contribution in [3.05, 3.63) is 41.6 Å². The molecule has 1 aromatic carbocycles. The number of aromatic nitrogens is 2. The zero-order valence-corrected chi connectivity index (χ0v) is 12.3. The smallest absolute Gasteiger partial charge is 0.256 e. The molecule has 1 N–H and O–H groups in total. The highest BCUT2D eigenvalue weighted by Gasteiger charge is 2.16. The van der Waals surface area contributed by atoms with Crippen LogP contribution >= 0.6 is 0 Å². The Hall–Kier alpha value is -2.30. The molecule has 2 heterocycles. The van der Waals surface area contributed by atoms with Gasteiger partial charge in [-0.05, 0) is 29.7 Å². The molecule has 0 saturated heterocycles. The van der Waals surface area contributed by atoms with E-state index in [4.69, 9.17) is 4.74 Å². The fourth-order valence-electron chi connectivity index (χ4n) is 2.45. The molecule has 21 heavy (non-hydrogen) atoms. The minimum atomic E-state index is -0.116. The molecule has 5 nitrogen and oxygen atoms in total. The number of carbonyl (C=O) groups excluding carboxylic acids is 1. The van der Waals surface area contributed by atoms with Crippen molar-refractivity contribution in [2.45, 2.75) is 26.8 Å². The summed E-state index contributed by atoms with van der Waals surface area (Å²) in [6, 6.07) is 7.38. The molecule has 1 amide bonds. The van der Waals surface area contributed by atoms with Crippen LogP contribution in [-0.4, -0.2) is 22.3 Å². The molecule has 0 radical (unpaired) electrons. The van der Waals surface area contributed by atoms with Gasteiger partial charge in [0.15, 0.2) is 0 Å². The van der Waals surface area contributed by atoms with Gasteiger partial charge >= 0.3 is 0 Å². The number of ether oxygens (including phenoxy) is 1. The van der Waals surface area contributed by atoms with Gasteiger partial charge in [0, 0.05) is 24.6 Å². The maximum absolute atomic E-state index is 12.4. The van der Waals surface area contributed by atoms with Crippen molar-refractivity contribution in [3.8, 4) is 5.75 Å². The van der Waals surface area contributed by atoms with Gasteiger partial charge in [-0.1, -0.05) is 13.8 Å². The van der Waals surface area contributed by atoms with Crippen LogP contribution in [0.25, 0.3) is 0 Å². The van der Waals surface area contributed by atoms with Gasteiger partial charge < -0.3 is 10.1 Å². The first-order chi connectivity index (χ1) is 10.1. The van der Waals surface area contributed by atoms with E-state index in [-0.39, 0.29) is 5.91 Å². The van der Waals surface area contributed by atoms with E-state index < -0.39 is 0 Å². The molecular weight excluding hydrogens is 266 g/mol. The normalized spacial score (nSPS) is 13.1. The number of fused-ring (bicyclic) bond motifs is 1. The molecule has 1 aromatic heterocycles. The summed E-state index contributed by atoms with van der Waals surface area (Å²) in [4.78, 5) is 12.4. The maximum Gasteiger partial charge on any atom is 0.256 e. The standard InChI is InChI=1S/C16H19N3O2/c1-11(2)10-19-15(5-7-17-19)18-16(20)13-3-4-14-12(9-13)6-8-21-14/h3-5,7,9,11H,6,8,10H2,1-2H3,(H,18,20). The van der Waals surface area contributed by atoms with Crippen molar-refractivity contribution in [1.82, 2.24) is 9.78 Å². The van der Waals surface area contributed by atoms with E-state index in [1.165, 1.54) is 0 Å². The molecule has 110 valence electrons. The second-order valence-electron chi connectivity index (χ2n) is 5.67. The van der Waals surface area contributed by atoms with Crippen LogP contribution in [0.5, 0.6) is 5.75 Å². The van der Waals surface area contributed by atoms with E-state index in [0.29, 0.717) is 18.1 Å². The van der Waals surface area contributed by atoms with Crippen molar-refractivity contribution >= 4 is 11.7 Å². The van der Waals surface area contributed by atoms with Gasteiger partial charge in [0.2, 0.25) is 0 Å². The zero-order chi connectivity index (χ0) is 14.8. The van der Waals surface area contributed by atoms with Crippen LogP contribution in [0.15, 0.2) is 30.5 Å². The number of rotatable bonds is 4. The van der Waals surface area contributed by atoms with Gasteiger partial charge in [-0.3, -0.25) is 4.79 Å². The molecule has 0 aliphatic carbocycles. The van der Waals surface area contributed by atoms with Gasteiger partial charge in [-0.15, -0.1) is 0 Å². The third-order valence-electron chi connectivity index (χ3n) is 3.45. The molecule has 0 fully saturated rings. The molecule has 0 spiro atoms. The predicted molar refractivity (Wildman–Crippen MR) is 80.7 cm³/mol. The Kier molecular flexibility index (Phi) is 3.64. The Morgan fingerprint density at radius 3 is 3.10 bits per heavy atom. The van der Waals surface area contributed by atoms with Crippen LogP contribution in [0.1, 0.15) is 29.8 Å². The summed E-state index contributed by atoms with van der Waals surface area (Å²) in [5.74, 6) is 1.97. The van der Waals surface area contributed by atoms with E-state index >= 15 is 0 Å². The molecule has 0 bridgehead atoms. The second kappa shape index (κ2) is 5.60. The van der Waals surface area contributed by atoms with E-state index in [1.54, 1.807) is 12.3 Å². The Balaban J connectivity index is 1.76. The Labute approximate surface area is 123 Å². The SMILES string of the molecule is CC(C)Cn1nccc1NC(=O)c1ccc2c(c1)CCO2. The first-order valence-electron chi connectivity index (χ1n) is 7.22. The largest absolute Gasteiger partial charge is 0.493 e. The Bertz CT molecular complexity index is 661. The minimum Gasteiger partial charge on any atom is -0.493 e. The summed E-state index contributed by atoms with van der Waals surface area (Å²) in [6.45, 7) is 5.71. The van der Waals surface area contributed by atoms with Crippen LogP contribution in [0.2, 0.25) is 0 Å². The van der Waals surface area contributed by atoms with Crippen LogP contribution < -0.4 is 10.1 Å². The summed E-state index contributed by atoms with van der Waals surface area (Å²) in [6.07, 6.45) is 2.57. The molecule has 3 rings (SSSR count). The molecular formula is C16H19N3O2. The van der Waals surface area contributed by atoms with Crippen LogP contribution in [0.3, 0.4) is 0 Å². The maximum atomic E-state index is 12.4. The third-order valence-corrected chi connectivity index (χ3v) is 3.45. The predicted octanol–water partition coefficient (Wildman–Crippen LogP) is 2.73. The number of nitrogens with one attached hydrogen (secondary N) is 1. The number of nitrogens with zero attached hydrogens (tertiary/aromatic N) is 2. The lowest BCUT2D eigenvalue weighted by atomic mass is 10.1. The van der Waals surface area contributed by atoms with Crippen molar-refractivity contribution < 1.29 is 9.53 Å². The van der Waals surface area contributed by atoms with Gasteiger partial charge in [0.25, 0.3) is 5.91 Å². The first-order valence-corrected chi connectivity index (χ1v) is 7.22. The highest BCUT2D eigenvalue weighted by Crippen LogP contribution is 2.26. The van der Waals surface area contributed by atoms with Gasteiger partial charge in [-0.25, -0.2) is 4.68 Å². The topological polar surface area (TPSA) is 56.2 Å². The molecule has 5 heteroatoms. The molecule has 0 atom stereocenters. The summed E-state index contributed by atoms with van der Waals surface area (Å²) in [5, 5.41) is 7.17. The second-order valence-corrected chi connectivity index (χ2v) is 5.67. The number of carbonyl (C=O) groups is 1. The lowest BCUT2D eigenvalue weighted by Crippen LogP contribution is -2.17. The lowest BCUT2D eigenvalue weighted by molar-refractivity contribution is 0.102. The highest BCUT2D eigenvalue weighted by atomic mass is 16.5. The van der Waals surface area contributed by atoms with Gasteiger partial charge in [0.05, 0.1) is 12.8 Å². The van der Waals surface area contributed by atoms with Gasteiger partial charge in [0.1, 0.15) is 11.6 Å². The summed E-state index contributed by atoms with van der Waals surface area (Å²) in [7, 11) is 0. The first kappa shape index (κ1) is 13.7. The summed E-state index contributed by atoms with van der Waals surface area (Å²) >= 11 is 0. The fraction of sp³-hybridized carbons (Fsp3) is 0.375. The Morgan fingerprint density at radius 1 is 1.43 bits per heavy atom. The molecule has 2 aromatic rings. The van der Waals surface area contributed by atoms with E-state index in [9.17, 15) is 4.79 Å². The van der Waals surface area contributed by atoms with E-state index in [2.05, 4.69) is 24.3 Å². The number of hydrogen-bond donors (Lipinski definition) is 1. The number of hydrogen-bond acceptors (Lipinski definition) is 3. The quantitative estimate of drug-likeness (QED) is 0.939. The average molecular weight is 285 g/mol.